The SMILES string of the molecule is Cc1cc(-c2c(OCCC3CCCC3)c3cc(C(=O)Nc4ccncn4)c(Cl)cc3[nH]c2=O)cc(C)c1C. The number of benzene rings is 2. The smallest absolute Gasteiger partial charge is 0.260 e. The van der Waals surface area contributed by atoms with Gasteiger partial charge >= 0.3 is 0 Å². The minimum atomic E-state index is -0.415. The predicted octanol–water partition coefficient (Wildman–Crippen LogP) is 6.78. The van der Waals surface area contributed by atoms with E-state index in [2.05, 4.69) is 27.2 Å². The molecule has 1 aliphatic carbocycles. The second kappa shape index (κ2) is 11.0. The molecule has 0 atom stereocenters. The third kappa shape index (κ3) is 5.29. The maximum Gasteiger partial charge on any atom is 0.260 e. The van der Waals surface area contributed by atoms with E-state index in [-0.39, 0.29) is 16.1 Å². The topological polar surface area (TPSA) is 97.0 Å². The lowest BCUT2D eigenvalue weighted by atomic mass is 9.95. The highest BCUT2D eigenvalue weighted by Gasteiger charge is 2.22. The van der Waals surface area contributed by atoms with E-state index in [1.54, 1.807) is 24.4 Å². The highest BCUT2D eigenvalue weighted by atomic mass is 35.5. The maximum absolute atomic E-state index is 13.5. The Labute approximate surface area is 226 Å². The van der Waals surface area contributed by atoms with Crippen molar-refractivity contribution in [3.05, 3.63) is 80.5 Å². The van der Waals surface area contributed by atoms with Gasteiger partial charge in [0.2, 0.25) is 0 Å². The zero-order valence-corrected chi connectivity index (χ0v) is 22.6. The van der Waals surface area contributed by atoms with E-state index < -0.39 is 5.91 Å². The second-order valence-corrected chi connectivity index (χ2v) is 10.5. The van der Waals surface area contributed by atoms with Crippen LogP contribution >= 0.6 is 11.6 Å². The molecule has 0 spiro atoms. The Kier molecular flexibility index (Phi) is 7.47. The number of halogens is 1. The Morgan fingerprint density at radius 1 is 1.13 bits per heavy atom. The molecule has 38 heavy (non-hydrogen) atoms. The van der Waals surface area contributed by atoms with Crippen molar-refractivity contribution < 1.29 is 9.53 Å². The molecule has 1 saturated carbocycles. The molecular weight excluding hydrogens is 500 g/mol. The van der Waals surface area contributed by atoms with Crippen LogP contribution in [0.25, 0.3) is 22.0 Å². The first-order valence-electron chi connectivity index (χ1n) is 13.0. The molecule has 2 N–H and O–H groups in total. The van der Waals surface area contributed by atoms with Crippen LogP contribution in [0, 0.1) is 26.7 Å². The summed E-state index contributed by atoms with van der Waals surface area (Å²) in [5.74, 6) is 1.06. The lowest BCUT2D eigenvalue weighted by Crippen LogP contribution is -2.16. The van der Waals surface area contributed by atoms with E-state index >= 15 is 0 Å². The summed E-state index contributed by atoms with van der Waals surface area (Å²) in [6.07, 6.45) is 8.77. The molecule has 7 nitrogen and oxygen atoms in total. The number of aryl methyl sites for hydroxylation is 2. The molecule has 1 fully saturated rings. The highest BCUT2D eigenvalue weighted by Crippen LogP contribution is 2.38. The molecule has 5 rings (SSSR count). The van der Waals surface area contributed by atoms with E-state index in [4.69, 9.17) is 16.3 Å². The van der Waals surface area contributed by atoms with Crippen LogP contribution in [-0.2, 0) is 0 Å². The van der Waals surface area contributed by atoms with Crippen LogP contribution in [0.3, 0.4) is 0 Å². The number of hydrogen-bond donors (Lipinski definition) is 2. The van der Waals surface area contributed by atoms with Crippen LogP contribution in [0.5, 0.6) is 5.75 Å². The number of nitrogens with zero attached hydrogens (tertiary/aromatic N) is 2. The summed E-state index contributed by atoms with van der Waals surface area (Å²) < 4.78 is 6.44. The van der Waals surface area contributed by atoms with Gasteiger partial charge in [-0.15, -0.1) is 0 Å². The van der Waals surface area contributed by atoms with Crippen LogP contribution in [-0.4, -0.2) is 27.5 Å². The molecule has 0 radical (unpaired) electrons. The molecule has 4 aromatic rings. The van der Waals surface area contributed by atoms with E-state index in [1.165, 1.54) is 37.6 Å². The summed E-state index contributed by atoms with van der Waals surface area (Å²) >= 11 is 6.52. The van der Waals surface area contributed by atoms with Gasteiger partial charge in [-0.3, -0.25) is 9.59 Å². The molecule has 2 heterocycles. The number of aromatic nitrogens is 3. The van der Waals surface area contributed by atoms with Gasteiger partial charge in [-0.25, -0.2) is 9.97 Å². The molecule has 0 bridgehead atoms. The number of ether oxygens (including phenoxy) is 1. The fourth-order valence-corrected chi connectivity index (χ4v) is 5.48. The van der Waals surface area contributed by atoms with Crippen molar-refractivity contribution in [2.75, 3.05) is 11.9 Å². The lowest BCUT2D eigenvalue weighted by molar-refractivity contribution is 0.102. The van der Waals surface area contributed by atoms with E-state index in [0.29, 0.717) is 40.6 Å². The Balaban J connectivity index is 1.63. The quantitative estimate of drug-likeness (QED) is 0.274. The van der Waals surface area contributed by atoms with Crippen molar-refractivity contribution >= 4 is 34.2 Å². The van der Waals surface area contributed by atoms with Crippen LogP contribution in [0.4, 0.5) is 5.82 Å². The minimum absolute atomic E-state index is 0.214. The van der Waals surface area contributed by atoms with Gasteiger partial charge in [-0.1, -0.05) is 49.4 Å². The Morgan fingerprint density at radius 2 is 1.87 bits per heavy atom. The Morgan fingerprint density at radius 3 is 2.55 bits per heavy atom. The average Bonchev–Trinajstić information content (AvgIpc) is 3.40. The number of rotatable bonds is 7. The number of amides is 1. The maximum atomic E-state index is 13.5. The number of aromatic amines is 1. The summed E-state index contributed by atoms with van der Waals surface area (Å²) in [7, 11) is 0. The normalized spacial score (nSPS) is 13.7. The molecule has 0 unspecified atom stereocenters. The van der Waals surface area contributed by atoms with Crippen LogP contribution in [0.15, 0.2) is 47.7 Å². The third-order valence-electron chi connectivity index (χ3n) is 7.59. The monoisotopic (exact) mass is 530 g/mol. The average molecular weight is 531 g/mol. The van der Waals surface area contributed by atoms with Gasteiger partial charge < -0.3 is 15.0 Å². The zero-order valence-electron chi connectivity index (χ0n) is 21.9. The highest BCUT2D eigenvalue weighted by molar-refractivity contribution is 6.35. The van der Waals surface area contributed by atoms with Gasteiger partial charge in [0, 0.05) is 11.6 Å². The predicted molar refractivity (Wildman–Crippen MR) is 151 cm³/mol. The molecular formula is C30H31ClN4O3. The van der Waals surface area contributed by atoms with Crippen LogP contribution in [0.1, 0.15) is 59.2 Å². The van der Waals surface area contributed by atoms with Crippen molar-refractivity contribution in [3.8, 4) is 16.9 Å². The van der Waals surface area contributed by atoms with Crippen molar-refractivity contribution in [3.63, 3.8) is 0 Å². The molecule has 1 amide bonds. The molecule has 2 aromatic heterocycles. The number of nitrogens with one attached hydrogen (secondary N) is 2. The summed E-state index contributed by atoms with van der Waals surface area (Å²) in [5, 5.41) is 3.59. The number of H-pyrrole nitrogens is 1. The molecule has 1 aliphatic rings. The lowest BCUT2D eigenvalue weighted by Gasteiger charge is -2.18. The van der Waals surface area contributed by atoms with E-state index in [9.17, 15) is 9.59 Å². The van der Waals surface area contributed by atoms with Crippen molar-refractivity contribution in [2.45, 2.75) is 52.9 Å². The zero-order chi connectivity index (χ0) is 26.8. The fraction of sp³-hybridized carbons (Fsp3) is 0.333. The van der Waals surface area contributed by atoms with Gasteiger partial charge in [0.15, 0.2) is 0 Å². The van der Waals surface area contributed by atoms with Crippen molar-refractivity contribution in [2.24, 2.45) is 5.92 Å². The van der Waals surface area contributed by atoms with Crippen LogP contribution in [0.2, 0.25) is 5.02 Å². The molecule has 0 saturated heterocycles. The number of pyridine rings is 1. The summed E-state index contributed by atoms with van der Waals surface area (Å²) in [6, 6.07) is 8.92. The number of hydrogen-bond acceptors (Lipinski definition) is 5. The first-order valence-corrected chi connectivity index (χ1v) is 13.4. The van der Waals surface area contributed by atoms with E-state index in [1.807, 2.05) is 26.0 Å². The van der Waals surface area contributed by atoms with Gasteiger partial charge in [-0.2, -0.15) is 0 Å². The van der Waals surface area contributed by atoms with Gasteiger partial charge in [-0.05, 0) is 73.6 Å². The first kappa shape index (κ1) is 25.9. The minimum Gasteiger partial charge on any atom is -0.492 e. The van der Waals surface area contributed by atoms with Gasteiger partial charge in [0.05, 0.1) is 28.3 Å². The first-order chi connectivity index (χ1) is 18.3. The largest absolute Gasteiger partial charge is 0.492 e. The van der Waals surface area contributed by atoms with Gasteiger partial charge in [0.1, 0.15) is 17.9 Å². The Hall–Kier alpha value is -3.71. The number of carbonyl (C=O) groups excluding carboxylic acids is 1. The van der Waals surface area contributed by atoms with E-state index in [0.717, 1.165) is 23.1 Å². The number of carbonyl (C=O) groups is 1. The molecule has 0 aliphatic heterocycles. The van der Waals surface area contributed by atoms with Crippen molar-refractivity contribution in [1.29, 1.82) is 0 Å². The fourth-order valence-electron chi connectivity index (χ4n) is 5.23. The van der Waals surface area contributed by atoms with Crippen molar-refractivity contribution in [1.82, 2.24) is 15.0 Å². The number of fused-ring (bicyclic) bond motifs is 1. The molecule has 2 aromatic carbocycles. The molecule has 196 valence electrons. The number of anilines is 1. The Bertz CT molecular complexity index is 1540. The summed E-state index contributed by atoms with van der Waals surface area (Å²) in [6.45, 7) is 6.64. The second-order valence-electron chi connectivity index (χ2n) is 10.1. The standard InChI is InChI=1S/C30H31ClN4O3/c1-17-12-21(13-18(2)19(17)3)27-28(38-11-9-20-6-4-5-7-20)23-14-22(24(31)15-25(23)34-30(27)37)29(36)35-26-8-10-32-16-33-26/h8,10,12-16,20H,4-7,9,11H2,1-3H3,(H,34,37)(H,32,33,35,36). The van der Waals surface area contributed by atoms with Gasteiger partial charge in [0.25, 0.3) is 11.5 Å². The summed E-state index contributed by atoms with van der Waals surface area (Å²) in [4.78, 5) is 37.5. The third-order valence-corrected chi connectivity index (χ3v) is 7.90. The van der Waals surface area contributed by atoms with Crippen LogP contribution < -0.4 is 15.6 Å². The summed E-state index contributed by atoms with van der Waals surface area (Å²) in [5.41, 5.74) is 5.13. The molecule has 8 heteroatoms.